The van der Waals surface area contributed by atoms with Gasteiger partial charge < -0.3 is 19.7 Å². The van der Waals surface area contributed by atoms with Crippen molar-refractivity contribution in [3.63, 3.8) is 0 Å². The molecule has 1 aromatic carbocycles. The number of ether oxygens (including phenoxy) is 2. The maximum atomic E-state index is 5.88. The van der Waals surface area contributed by atoms with E-state index in [4.69, 9.17) is 20.2 Å². The van der Waals surface area contributed by atoms with E-state index in [0.29, 0.717) is 13.2 Å². The highest BCUT2D eigenvalue weighted by Gasteiger charge is 2.17. The van der Waals surface area contributed by atoms with Crippen molar-refractivity contribution in [3.8, 4) is 11.5 Å². The third-order valence-corrected chi connectivity index (χ3v) is 4.85. The summed E-state index contributed by atoms with van der Waals surface area (Å²) in [5.41, 5.74) is 12.3. The molecule has 3 rings (SSSR count). The number of hydrogen-bond donors (Lipinski definition) is 1. The van der Waals surface area contributed by atoms with Gasteiger partial charge in [0.25, 0.3) is 0 Å². The van der Waals surface area contributed by atoms with Crippen molar-refractivity contribution in [1.29, 1.82) is 0 Å². The molecule has 0 aliphatic carbocycles. The molecule has 1 aliphatic heterocycles. The van der Waals surface area contributed by atoms with Crippen molar-refractivity contribution in [2.75, 3.05) is 20.3 Å². The van der Waals surface area contributed by atoms with E-state index in [1.807, 2.05) is 57.5 Å². The highest BCUT2D eigenvalue weighted by atomic mass is 16.5. The van der Waals surface area contributed by atoms with Crippen LogP contribution in [0.4, 0.5) is 0 Å². The molecule has 0 unspecified atom stereocenters. The van der Waals surface area contributed by atoms with E-state index in [1.165, 1.54) is 5.57 Å². The summed E-state index contributed by atoms with van der Waals surface area (Å²) in [4.78, 5) is 4.88. The first-order valence-electron chi connectivity index (χ1n) is 9.88. The van der Waals surface area contributed by atoms with Gasteiger partial charge in [-0.3, -0.25) is 0 Å². The first kappa shape index (κ1) is 20.7. The molecule has 0 bridgehead atoms. The van der Waals surface area contributed by atoms with Gasteiger partial charge in [0.05, 0.1) is 25.1 Å². The number of allylic oxidation sites excluding steroid dienone is 3. The molecule has 0 atom stereocenters. The van der Waals surface area contributed by atoms with E-state index in [1.54, 1.807) is 7.11 Å². The van der Waals surface area contributed by atoms with Gasteiger partial charge in [-0.1, -0.05) is 12.1 Å². The van der Waals surface area contributed by atoms with Crippen LogP contribution in [0.2, 0.25) is 0 Å². The molecule has 2 heterocycles. The zero-order valence-corrected chi connectivity index (χ0v) is 17.6. The Bertz CT molecular complexity index is 999. The lowest BCUT2D eigenvalue weighted by Crippen LogP contribution is -2.05. The SMILES string of the molecule is Bn1cccc1/C(CCN)=C1N=C(/C=C/c2ccc(OCC)c(OC)c2)C=C\1C. The minimum absolute atomic E-state index is 0.587. The Labute approximate surface area is 173 Å². The lowest BCUT2D eigenvalue weighted by atomic mass is 10.0. The molecule has 2 N–H and O–H groups in total. The number of nitrogens with zero attached hydrogens (tertiary/aromatic N) is 2. The maximum absolute atomic E-state index is 5.88. The number of aromatic nitrogens is 1. The van der Waals surface area contributed by atoms with E-state index in [2.05, 4.69) is 23.5 Å². The van der Waals surface area contributed by atoms with Crippen LogP contribution in [0.3, 0.4) is 0 Å². The molecule has 0 amide bonds. The summed E-state index contributed by atoms with van der Waals surface area (Å²) in [5, 5.41) is 0. The predicted molar refractivity (Wildman–Crippen MR) is 123 cm³/mol. The maximum Gasteiger partial charge on any atom is 0.223 e. The molecule has 1 aromatic heterocycles. The normalized spacial score (nSPS) is 15.4. The van der Waals surface area contributed by atoms with Crippen LogP contribution in [0.25, 0.3) is 11.6 Å². The van der Waals surface area contributed by atoms with Gasteiger partial charge in [0.15, 0.2) is 11.5 Å². The van der Waals surface area contributed by atoms with Gasteiger partial charge in [-0.2, -0.15) is 0 Å². The van der Waals surface area contributed by atoms with Crippen molar-refractivity contribution in [2.24, 2.45) is 10.7 Å². The summed E-state index contributed by atoms with van der Waals surface area (Å²) in [6.45, 7) is 5.25. The number of nitrogens with two attached hydrogens (primary N) is 1. The minimum Gasteiger partial charge on any atom is -0.493 e. The van der Waals surface area contributed by atoms with Gasteiger partial charge in [0.1, 0.15) is 0 Å². The summed E-state index contributed by atoms with van der Waals surface area (Å²) in [6.07, 6.45) is 9.00. The third kappa shape index (κ3) is 4.71. The number of aliphatic imine (C=N–C) groups is 1. The fraction of sp³-hybridized carbons (Fsp3) is 0.261. The fourth-order valence-electron chi connectivity index (χ4n) is 3.46. The van der Waals surface area contributed by atoms with Crippen LogP contribution in [0.1, 0.15) is 31.5 Å². The van der Waals surface area contributed by atoms with Gasteiger partial charge in [-0.25, -0.2) is 4.99 Å². The molecule has 0 fully saturated rings. The number of hydrogen-bond acceptors (Lipinski definition) is 4. The summed E-state index contributed by atoms with van der Waals surface area (Å²) in [5.74, 6) is 1.48. The monoisotopic (exact) mass is 389 g/mol. The van der Waals surface area contributed by atoms with Gasteiger partial charge in [-0.05, 0) is 80.6 Å². The molecule has 0 radical (unpaired) electrons. The molecule has 150 valence electrons. The van der Waals surface area contributed by atoms with Crippen LogP contribution in [0, 0.1) is 0 Å². The van der Waals surface area contributed by atoms with Gasteiger partial charge in [0, 0.05) is 11.3 Å². The molecule has 1 aliphatic rings. The van der Waals surface area contributed by atoms with Crippen LogP contribution in [0.15, 0.2) is 64.9 Å². The molecule has 6 heteroatoms. The van der Waals surface area contributed by atoms with Crippen LogP contribution in [-0.4, -0.2) is 38.4 Å². The van der Waals surface area contributed by atoms with E-state index >= 15 is 0 Å². The van der Waals surface area contributed by atoms with E-state index in [0.717, 1.165) is 46.2 Å². The third-order valence-electron chi connectivity index (χ3n) is 4.85. The molecule has 29 heavy (non-hydrogen) atoms. The number of methoxy groups -OCH3 is 1. The quantitative estimate of drug-likeness (QED) is 0.704. The standard InChI is InChI=1S/C23H28BN3O2/c1-4-29-21-10-8-17(15-22(21)28-3)7-9-18-14-16(2)23(26-18)19(11-12-25)20-6-5-13-27(20)24/h5-10,13-15H,4,11-12,24-25H2,1-3H3/b9-7+,23-19-. The van der Waals surface area contributed by atoms with Gasteiger partial charge in [0.2, 0.25) is 7.98 Å². The van der Waals surface area contributed by atoms with Crippen LogP contribution >= 0.6 is 0 Å². The fourth-order valence-corrected chi connectivity index (χ4v) is 3.46. The molecule has 0 saturated heterocycles. The van der Waals surface area contributed by atoms with Crippen molar-refractivity contribution in [3.05, 3.63) is 71.2 Å². The second-order valence-electron chi connectivity index (χ2n) is 6.91. The Balaban J connectivity index is 1.90. The first-order chi connectivity index (χ1) is 14.1. The highest BCUT2D eigenvalue weighted by molar-refractivity contribution is 6.11. The van der Waals surface area contributed by atoms with Crippen LogP contribution in [0.5, 0.6) is 11.5 Å². The van der Waals surface area contributed by atoms with Crippen LogP contribution in [-0.2, 0) is 0 Å². The molecule has 0 spiro atoms. The zero-order chi connectivity index (χ0) is 20.8. The lowest BCUT2D eigenvalue weighted by Gasteiger charge is -2.11. The molecule has 0 saturated carbocycles. The Morgan fingerprint density at radius 1 is 1.24 bits per heavy atom. The van der Waals surface area contributed by atoms with Crippen LogP contribution < -0.4 is 15.2 Å². The molecular formula is C23H28BN3O2. The summed E-state index contributed by atoms with van der Waals surface area (Å²) >= 11 is 0. The topological polar surface area (TPSA) is 61.8 Å². The molecule has 5 nitrogen and oxygen atoms in total. The van der Waals surface area contributed by atoms with Gasteiger partial charge >= 0.3 is 0 Å². The Kier molecular flexibility index (Phi) is 6.78. The first-order valence-corrected chi connectivity index (χ1v) is 9.88. The average molecular weight is 389 g/mol. The largest absolute Gasteiger partial charge is 0.493 e. The van der Waals surface area contributed by atoms with Crippen molar-refractivity contribution < 1.29 is 9.47 Å². The molecule has 2 aromatic rings. The second kappa shape index (κ2) is 9.48. The van der Waals surface area contributed by atoms with E-state index < -0.39 is 0 Å². The van der Waals surface area contributed by atoms with Gasteiger partial charge in [-0.15, -0.1) is 0 Å². The van der Waals surface area contributed by atoms with Crippen molar-refractivity contribution in [1.82, 2.24) is 4.48 Å². The van der Waals surface area contributed by atoms with E-state index in [9.17, 15) is 0 Å². The Hall–Kier alpha value is -2.99. The second-order valence-corrected chi connectivity index (χ2v) is 6.91. The van der Waals surface area contributed by atoms with Crippen molar-refractivity contribution in [2.45, 2.75) is 20.3 Å². The number of rotatable bonds is 8. The summed E-state index contributed by atoms with van der Waals surface area (Å²) in [6, 6.07) is 10.1. The Morgan fingerprint density at radius 3 is 2.72 bits per heavy atom. The van der Waals surface area contributed by atoms with Crippen molar-refractivity contribution >= 4 is 25.3 Å². The summed E-state index contributed by atoms with van der Waals surface area (Å²) < 4.78 is 13.1. The number of benzene rings is 1. The van der Waals surface area contributed by atoms with E-state index in [-0.39, 0.29) is 0 Å². The summed E-state index contributed by atoms with van der Waals surface area (Å²) in [7, 11) is 3.70. The average Bonchev–Trinajstić information content (AvgIpc) is 3.31. The Morgan fingerprint density at radius 2 is 2.07 bits per heavy atom. The highest BCUT2D eigenvalue weighted by Crippen LogP contribution is 2.31. The molecular weight excluding hydrogens is 361 g/mol. The smallest absolute Gasteiger partial charge is 0.223 e. The lowest BCUT2D eigenvalue weighted by molar-refractivity contribution is 0.311. The predicted octanol–water partition coefficient (Wildman–Crippen LogP) is 3.47. The zero-order valence-electron chi connectivity index (χ0n) is 17.6. The minimum atomic E-state index is 0.587.